The average Bonchev–Trinajstić information content (AvgIpc) is 3.74. The molecule has 4 N–H and O–H groups in total. The van der Waals surface area contributed by atoms with Crippen LogP contribution < -0.4 is 27.0 Å². The number of rotatable bonds is 14. The Morgan fingerprint density at radius 3 is 2.46 bits per heavy atom. The van der Waals surface area contributed by atoms with Gasteiger partial charge in [-0.3, -0.25) is 33.6 Å². The van der Waals surface area contributed by atoms with Crippen LogP contribution in [0.4, 0.5) is 5.69 Å². The lowest BCUT2D eigenvalue weighted by Gasteiger charge is -2.29. The topological polar surface area (TPSA) is 156 Å². The molecule has 0 spiro atoms. The molecule has 1 aliphatic carbocycles. The van der Waals surface area contributed by atoms with Crippen LogP contribution in [-0.2, 0) is 27.9 Å². The van der Waals surface area contributed by atoms with Gasteiger partial charge in [-0.15, -0.1) is 11.3 Å². The monoisotopic (exact) mass is 867 g/mol. The minimum atomic E-state index is -0.671. The second kappa shape index (κ2) is 18.5. The number of hydrogen-bond donors (Lipinski definition) is 4. The lowest BCUT2D eigenvalue weighted by atomic mass is 9.81. The number of nitrogens with one attached hydrogen (secondary N) is 4. The van der Waals surface area contributed by atoms with E-state index in [1.807, 2.05) is 19.1 Å². The number of carbonyl (C=O) groups excluding carboxylic acids is 4. The van der Waals surface area contributed by atoms with Gasteiger partial charge >= 0.3 is 5.69 Å². The van der Waals surface area contributed by atoms with Crippen molar-refractivity contribution < 1.29 is 19.2 Å². The second-order valence-corrected chi connectivity index (χ2v) is 19.0. The largest absolute Gasteiger partial charge is 0.381 e. The molecule has 3 aromatic heterocycles. The van der Waals surface area contributed by atoms with Crippen molar-refractivity contribution in [1.29, 1.82) is 0 Å². The number of carbonyl (C=O) groups is 4. The number of imide groups is 1. The van der Waals surface area contributed by atoms with E-state index in [0.717, 1.165) is 131 Å². The Kier molecular flexibility index (Phi) is 12.5. The number of thiophene rings is 1. The van der Waals surface area contributed by atoms with Gasteiger partial charge in [0.15, 0.2) is 0 Å². The van der Waals surface area contributed by atoms with E-state index in [4.69, 9.17) is 4.98 Å². The first-order valence-electron chi connectivity index (χ1n) is 23.0. The number of anilines is 1. The number of hydrogen-bond acceptors (Lipinski definition) is 8. The first kappa shape index (κ1) is 42.5. The Bertz CT molecular complexity index is 2780. The molecular weight excluding hydrogens is 811 g/mol. The molecular formula is C50H57N7O5S. The summed E-state index contributed by atoms with van der Waals surface area (Å²) in [5.41, 5.74) is 7.65. The quantitative estimate of drug-likeness (QED) is 0.0630. The summed E-state index contributed by atoms with van der Waals surface area (Å²) in [6, 6.07) is 22.8. The molecule has 9 rings (SSSR count). The van der Waals surface area contributed by atoms with Gasteiger partial charge in [0.25, 0.3) is 5.91 Å². The summed E-state index contributed by atoms with van der Waals surface area (Å²) in [4.78, 5) is 68.8. The van der Waals surface area contributed by atoms with Crippen molar-refractivity contribution in [1.82, 2.24) is 30.1 Å². The van der Waals surface area contributed by atoms with Gasteiger partial charge in [-0.1, -0.05) is 56.4 Å². The van der Waals surface area contributed by atoms with Crippen molar-refractivity contribution in [2.24, 2.45) is 7.05 Å². The minimum Gasteiger partial charge on any atom is -0.381 e. The highest BCUT2D eigenvalue weighted by atomic mass is 32.1. The molecule has 5 heterocycles. The van der Waals surface area contributed by atoms with Crippen molar-refractivity contribution in [2.45, 2.75) is 127 Å². The third kappa shape index (κ3) is 9.02. The Morgan fingerprint density at radius 2 is 1.65 bits per heavy atom. The number of aryl methyl sites for hydroxylation is 2. The van der Waals surface area contributed by atoms with Crippen LogP contribution in [0, 0.1) is 0 Å². The predicted molar refractivity (Wildman–Crippen MR) is 250 cm³/mol. The zero-order chi connectivity index (χ0) is 43.6. The Labute approximate surface area is 371 Å². The van der Waals surface area contributed by atoms with E-state index in [-0.39, 0.29) is 41.9 Å². The van der Waals surface area contributed by atoms with Crippen molar-refractivity contribution in [3.05, 3.63) is 93.2 Å². The average molecular weight is 868 g/mol. The molecule has 1 saturated carbocycles. The molecule has 3 aromatic carbocycles. The van der Waals surface area contributed by atoms with Crippen LogP contribution in [0.25, 0.3) is 43.3 Å². The number of piperidine rings is 1. The SMILES string of the molecule is C[C@@H]1CNc2c(sc3ccc4nc(-c5cccc(C6CCC(NC(=O)CCCCCCCCCc7ccc8c(c7)n(C)c(=O)n8C7CCC(=O)NC7=O)CC6)c5)ccc4c23)C(=O)N1. The molecule has 0 radical (unpaired) electrons. The van der Waals surface area contributed by atoms with E-state index in [9.17, 15) is 24.0 Å². The van der Waals surface area contributed by atoms with Crippen LogP contribution in [0.3, 0.4) is 0 Å². The summed E-state index contributed by atoms with van der Waals surface area (Å²) in [6.07, 6.45) is 13.8. The molecule has 1 saturated heterocycles. The summed E-state index contributed by atoms with van der Waals surface area (Å²) >= 11 is 1.53. The molecule has 0 bridgehead atoms. The number of pyridine rings is 1. The summed E-state index contributed by atoms with van der Waals surface area (Å²) in [6.45, 7) is 2.69. The predicted octanol–water partition coefficient (Wildman–Crippen LogP) is 8.80. The Hall–Kier alpha value is -5.82. The van der Waals surface area contributed by atoms with Gasteiger partial charge in [-0.25, -0.2) is 9.78 Å². The van der Waals surface area contributed by atoms with Crippen LogP contribution in [0.15, 0.2) is 71.5 Å². The van der Waals surface area contributed by atoms with Crippen LogP contribution in [0.2, 0.25) is 0 Å². The molecule has 4 amide bonds. The molecule has 2 aliphatic heterocycles. The zero-order valence-electron chi connectivity index (χ0n) is 36.3. The maximum atomic E-state index is 13.1. The van der Waals surface area contributed by atoms with Gasteiger partial charge in [0, 0.05) is 59.6 Å². The number of aromatic nitrogens is 3. The van der Waals surface area contributed by atoms with Crippen LogP contribution in [0.5, 0.6) is 0 Å². The molecule has 13 heteroatoms. The van der Waals surface area contributed by atoms with E-state index in [2.05, 4.69) is 75.9 Å². The first-order valence-corrected chi connectivity index (χ1v) is 23.8. The number of amides is 4. The zero-order valence-corrected chi connectivity index (χ0v) is 37.1. The number of unbranched alkanes of at least 4 members (excludes halogenated alkanes) is 6. The normalized spacial score (nSPS) is 20.3. The summed E-state index contributed by atoms with van der Waals surface area (Å²) in [5, 5.41) is 14.4. The van der Waals surface area contributed by atoms with E-state index >= 15 is 0 Å². The third-order valence-corrected chi connectivity index (χ3v) is 14.6. The standard InChI is InChI=1S/C50H57N7O5S/c1-30-29-51-46-45-36-20-21-37(54-38(36)22-25-42(45)63-47(46)49(61)52-30)34-13-10-12-33(28-34)32-16-18-35(19-17-32)53-43(58)14-9-7-5-3-4-6-8-11-31-15-23-39-41(27-31)56(2)50(62)57(39)40-24-26-44(59)55-48(40)60/h10,12-13,15,20-23,25,27-28,30,32,35,40,51H,3-9,11,14,16-19,24,26,29H2,1-2H3,(H,52,61)(H,53,58)(H,55,59,60)/t30-,32?,35?,40?/m1/s1. The van der Waals surface area contributed by atoms with Crippen molar-refractivity contribution in [2.75, 3.05) is 11.9 Å². The summed E-state index contributed by atoms with van der Waals surface area (Å²) in [5.74, 6) is -0.100. The number of imidazole rings is 1. The van der Waals surface area contributed by atoms with Crippen LogP contribution in [-0.4, -0.2) is 56.4 Å². The maximum Gasteiger partial charge on any atom is 0.329 e. The van der Waals surface area contributed by atoms with Gasteiger partial charge in [0.2, 0.25) is 17.7 Å². The van der Waals surface area contributed by atoms with Gasteiger partial charge in [-0.2, -0.15) is 0 Å². The fraction of sp³-hybridized carbons (Fsp3) is 0.440. The highest BCUT2D eigenvalue weighted by Crippen LogP contribution is 2.42. The second-order valence-electron chi connectivity index (χ2n) is 18.0. The first-order chi connectivity index (χ1) is 30.6. The Morgan fingerprint density at radius 1 is 0.857 bits per heavy atom. The molecule has 63 heavy (non-hydrogen) atoms. The third-order valence-electron chi connectivity index (χ3n) is 13.5. The Balaban J connectivity index is 0.682. The van der Waals surface area contributed by atoms with Crippen LogP contribution in [0.1, 0.15) is 130 Å². The molecule has 328 valence electrons. The smallest absolute Gasteiger partial charge is 0.329 e. The summed E-state index contributed by atoms with van der Waals surface area (Å²) < 4.78 is 4.20. The molecule has 2 fully saturated rings. The van der Waals surface area contributed by atoms with Gasteiger partial charge in [0.1, 0.15) is 10.9 Å². The van der Waals surface area contributed by atoms with Gasteiger partial charge in [-0.05, 0) is 118 Å². The summed E-state index contributed by atoms with van der Waals surface area (Å²) in [7, 11) is 1.73. The molecule has 3 aliphatic rings. The van der Waals surface area contributed by atoms with E-state index < -0.39 is 11.9 Å². The molecule has 2 atom stereocenters. The van der Waals surface area contributed by atoms with Crippen molar-refractivity contribution in [3.8, 4) is 11.3 Å². The lowest BCUT2D eigenvalue weighted by Crippen LogP contribution is -2.44. The maximum absolute atomic E-state index is 13.1. The molecule has 6 aromatic rings. The van der Waals surface area contributed by atoms with E-state index in [1.165, 1.54) is 27.0 Å². The fourth-order valence-corrected chi connectivity index (χ4v) is 11.1. The van der Waals surface area contributed by atoms with E-state index in [0.29, 0.717) is 25.3 Å². The number of fused-ring (bicyclic) bond motifs is 6. The lowest BCUT2D eigenvalue weighted by molar-refractivity contribution is -0.135. The highest BCUT2D eigenvalue weighted by molar-refractivity contribution is 7.21. The highest BCUT2D eigenvalue weighted by Gasteiger charge is 2.31. The number of nitrogens with zero attached hydrogens (tertiary/aromatic N) is 3. The van der Waals surface area contributed by atoms with Gasteiger partial charge < -0.3 is 16.0 Å². The molecule has 12 nitrogen and oxygen atoms in total. The van der Waals surface area contributed by atoms with Crippen molar-refractivity contribution in [3.63, 3.8) is 0 Å². The van der Waals surface area contributed by atoms with Crippen LogP contribution >= 0.6 is 11.3 Å². The van der Waals surface area contributed by atoms with Crippen molar-refractivity contribution >= 4 is 72.7 Å². The minimum absolute atomic E-state index is 0.0219. The number of benzene rings is 3. The fourth-order valence-electron chi connectivity index (χ4n) is 10.0. The van der Waals surface area contributed by atoms with Gasteiger partial charge in [0.05, 0.1) is 27.9 Å². The van der Waals surface area contributed by atoms with E-state index in [1.54, 1.807) is 11.6 Å². The molecule has 1 unspecified atom stereocenters.